The summed E-state index contributed by atoms with van der Waals surface area (Å²) in [7, 11) is 0. The van der Waals surface area contributed by atoms with E-state index in [1.165, 1.54) is 0 Å². The van der Waals surface area contributed by atoms with Crippen LogP contribution in [0.4, 0.5) is 0 Å². The van der Waals surface area contributed by atoms with E-state index in [0.717, 1.165) is 10.2 Å². The maximum absolute atomic E-state index is 5.84. The van der Waals surface area contributed by atoms with Crippen LogP contribution in [0.15, 0.2) is 32.7 Å². The Balaban J connectivity index is 2.51. The van der Waals surface area contributed by atoms with Gasteiger partial charge in [-0.25, -0.2) is 0 Å². The molecule has 1 heterocycles. The molecule has 0 spiro atoms. The summed E-state index contributed by atoms with van der Waals surface area (Å²) in [5.41, 5.74) is 0.907. The first-order valence-corrected chi connectivity index (χ1v) is 6.68. The fourth-order valence-electron chi connectivity index (χ4n) is 1.32. The van der Waals surface area contributed by atoms with Crippen molar-refractivity contribution in [3.8, 4) is 0 Å². The van der Waals surface area contributed by atoms with Crippen LogP contribution in [0.3, 0.4) is 0 Å². The number of aliphatic imine (C=N–C) groups is 2. The Kier molecular flexibility index (Phi) is 3.09. The predicted octanol–water partition coefficient (Wildman–Crippen LogP) is 1.49. The molecule has 0 aromatic rings. The van der Waals surface area contributed by atoms with E-state index >= 15 is 0 Å². The normalized spacial score (nSPS) is 28.9. The van der Waals surface area contributed by atoms with Crippen LogP contribution in [0.25, 0.3) is 0 Å². The standard InChI is InChI=1S/C8H4BrClN2Se2/c9-5-3-1-2-4-6(5)11-7(10)12-8(4,13)14/h1-4H. The van der Waals surface area contributed by atoms with Crippen molar-refractivity contribution in [2.75, 3.05) is 0 Å². The summed E-state index contributed by atoms with van der Waals surface area (Å²) in [5.74, 6) is 0.101. The van der Waals surface area contributed by atoms with Gasteiger partial charge in [0.2, 0.25) is 0 Å². The van der Waals surface area contributed by atoms with Crippen LogP contribution in [0, 0.1) is 5.92 Å². The molecule has 0 saturated heterocycles. The average molecular weight is 401 g/mol. The summed E-state index contributed by atoms with van der Waals surface area (Å²) >= 11 is 15.3. The van der Waals surface area contributed by atoms with Crippen LogP contribution < -0.4 is 0 Å². The van der Waals surface area contributed by atoms with E-state index in [-0.39, 0.29) is 11.2 Å². The Bertz CT molecular complexity index is 398. The number of hydrogen-bond acceptors (Lipinski definition) is 2. The van der Waals surface area contributed by atoms with Crippen molar-refractivity contribution < 1.29 is 0 Å². The molecule has 0 N–H and O–H groups in total. The van der Waals surface area contributed by atoms with Gasteiger partial charge in [-0.15, -0.1) is 0 Å². The van der Waals surface area contributed by atoms with Crippen molar-refractivity contribution >= 4 is 70.6 Å². The minimum atomic E-state index is -0.460. The van der Waals surface area contributed by atoms with Gasteiger partial charge in [0.1, 0.15) is 0 Å². The molecule has 0 fully saturated rings. The zero-order valence-electron chi connectivity index (χ0n) is 6.78. The van der Waals surface area contributed by atoms with Gasteiger partial charge in [0.05, 0.1) is 0 Å². The second-order valence-electron chi connectivity index (χ2n) is 2.89. The Labute approximate surface area is 112 Å². The Morgan fingerprint density at radius 2 is 2.21 bits per heavy atom. The van der Waals surface area contributed by atoms with Crippen LogP contribution in [-0.2, 0) is 0 Å². The van der Waals surface area contributed by atoms with Gasteiger partial charge >= 0.3 is 113 Å². The van der Waals surface area contributed by atoms with E-state index < -0.39 is 3.34 Å². The predicted molar refractivity (Wildman–Crippen MR) is 64.6 cm³/mol. The van der Waals surface area contributed by atoms with Crippen LogP contribution >= 0.6 is 27.5 Å². The Morgan fingerprint density at radius 1 is 1.50 bits per heavy atom. The molecule has 14 heavy (non-hydrogen) atoms. The summed E-state index contributed by atoms with van der Waals surface area (Å²) < 4.78 is 0.491. The van der Waals surface area contributed by atoms with Crippen LogP contribution in [0.5, 0.6) is 0 Å². The van der Waals surface area contributed by atoms with Gasteiger partial charge in [-0.3, -0.25) is 0 Å². The molecule has 0 aromatic carbocycles. The van der Waals surface area contributed by atoms with E-state index in [2.05, 4.69) is 57.9 Å². The number of rotatable bonds is 0. The number of allylic oxidation sites excluding steroid dienone is 3. The number of amidine groups is 1. The van der Waals surface area contributed by atoms with Crippen molar-refractivity contribution in [2.24, 2.45) is 15.9 Å². The summed E-state index contributed by atoms with van der Waals surface area (Å²) in [6.07, 6.45) is 5.97. The summed E-state index contributed by atoms with van der Waals surface area (Å²) in [4.78, 5) is 8.42. The Morgan fingerprint density at radius 3 is 2.93 bits per heavy atom. The molecule has 2 nitrogen and oxygen atoms in total. The minimum absolute atomic E-state index is 0.101. The van der Waals surface area contributed by atoms with E-state index in [9.17, 15) is 0 Å². The van der Waals surface area contributed by atoms with Gasteiger partial charge in [0, 0.05) is 0 Å². The van der Waals surface area contributed by atoms with E-state index in [1.807, 2.05) is 18.2 Å². The fourth-order valence-corrected chi connectivity index (χ4v) is 3.42. The molecule has 2 aliphatic rings. The zero-order chi connectivity index (χ0) is 10.3. The summed E-state index contributed by atoms with van der Waals surface area (Å²) in [6, 6.07) is 0. The fraction of sp³-hybridized carbons (Fsp3) is 0.250. The second kappa shape index (κ2) is 3.89. The van der Waals surface area contributed by atoms with E-state index in [4.69, 9.17) is 11.6 Å². The molecular formula is C8H4BrClN2Se2. The molecule has 0 bridgehead atoms. The first kappa shape index (κ1) is 11.1. The molecule has 0 aromatic heterocycles. The molecule has 1 aliphatic carbocycles. The summed E-state index contributed by atoms with van der Waals surface area (Å²) in [6.45, 7) is 0. The molecule has 0 amide bonds. The third-order valence-corrected chi connectivity index (χ3v) is 4.23. The topological polar surface area (TPSA) is 24.7 Å². The third kappa shape index (κ3) is 1.95. The average Bonchev–Trinajstić information content (AvgIpc) is 2.05. The van der Waals surface area contributed by atoms with Gasteiger partial charge in [0.15, 0.2) is 0 Å². The van der Waals surface area contributed by atoms with Gasteiger partial charge in [-0.2, -0.15) is 0 Å². The van der Waals surface area contributed by atoms with Crippen molar-refractivity contribution in [3.05, 3.63) is 22.7 Å². The molecule has 2 radical (unpaired) electrons. The van der Waals surface area contributed by atoms with E-state index in [0.29, 0.717) is 0 Å². The third-order valence-electron chi connectivity index (χ3n) is 1.94. The van der Waals surface area contributed by atoms with Crippen LogP contribution in [0.2, 0.25) is 0 Å². The first-order chi connectivity index (χ1) is 6.50. The van der Waals surface area contributed by atoms with E-state index in [1.54, 1.807) is 0 Å². The number of nitrogens with zero attached hydrogens (tertiary/aromatic N) is 2. The first-order valence-electron chi connectivity index (χ1n) is 3.80. The van der Waals surface area contributed by atoms with Crippen molar-refractivity contribution in [1.29, 1.82) is 0 Å². The molecule has 1 aliphatic heterocycles. The second-order valence-corrected chi connectivity index (χ2v) is 8.00. The quantitative estimate of drug-likeness (QED) is 0.434. The van der Waals surface area contributed by atoms with Gasteiger partial charge in [-0.1, -0.05) is 0 Å². The van der Waals surface area contributed by atoms with Gasteiger partial charge in [0.25, 0.3) is 0 Å². The van der Waals surface area contributed by atoms with Crippen molar-refractivity contribution in [3.63, 3.8) is 0 Å². The number of hydrogen-bond donors (Lipinski definition) is 0. The molecule has 2 rings (SSSR count). The molecule has 72 valence electrons. The molecule has 1 atom stereocenters. The van der Waals surface area contributed by atoms with Crippen LogP contribution in [-0.4, -0.2) is 46.4 Å². The number of fused-ring (bicyclic) bond motifs is 1. The zero-order valence-corrected chi connectivity index (χ0v) is 12.5. The molecule has 0 saturated carbocycles. The Hall–Kier alpha value is 0.629. The summed E-state index contributed by atoms with van der Waals surface area (Å²) in [5, 5.41) is 0.273. The maximum atomic E-state index is 5.84. The monoisotopic (exact) mass is 402 g/mol. The molecule has 1 unspecified atom stereocenters. The molecule has 6 heteroatoms. The van der Waals surface area contributed by atoms with Crippen molar-refractivity contribution in [2.45, 2.75) is 3.34 Å². The molecular weight excluding hydrogens is 397 g/mol. The van der Waals surface area contributed by atoms with Crippen molar-refractivity contribution in [1.82, 2.24) is 0 Å². The van der Waals surface area contributed by atoms with Gasteiger partial charge < -0.3 is 0 Å². The number of halogens is 2. The SMILES string of the molecule is ClC1=NC([Se])([Se])C2C=CC=C(Br)C2=N1. The van der Waals surface area contributed by atoms with Gasteiger partial charge in [-0.05, 0) is 0 Å². The van der Waals surface area contributed by atoms with Crippen LogP contribution in [0.1, 0.15) is 0 Å².